The first-order valence-electron chi connectivity index (χ1n) is 6.51. The third kappa shape index (κ3) is 3.12. The number of nitrogens with two attached hydrogens (primary N) is 1. The Morgan fingerprint density at radius 2 is 2.35 bits per heavy atom. The first-order chi connectivity index (χ1) is 9.49. The molecule has 1 amide bonds. The molecule has 1 aromatic carbocycles. The predicted molar refractivity (Wildman–Crippen MR) is 74.4 cm³/mol. The Kier molecular flexibility index (Phi) is 4.31. The number of primary amides is 1. The van der Waals surface area contributed by atoms with Crippen LogP contribution in [-0.4, -0.2) is 41.4 Å². The highest BCUT2D eigenvalue weighted by atomic mass is 16.6. The fourth-order valence-corrected chi connectivity index (χ4v) is 2.36. The fourth-order valence-electron chi connectivity index (χ4n) is 2.36. The number of hydrogen-bond donors (Lipinski definition) is 2. The predicted octanol–water partition coefficient (Wildman–Crippen LogP) is 0.487. The molecule has 1 aliphatic rings. The van der Waals surface area contributed by atoms with E-state index in [0.29, 0.717) is 18.2 Å². The lowest BCUT2D eigenvalue weighted by Crippen LogP contribution is -2.49. The quantitative estimate of drug-likeness (QED) is 0.616. The van der Waals surface area contributed by atoms with Crippen molar-refractivity contribution in [3.63, 3.8) is 0 Å². The minimum Gasteiger partial charge on any atom is -0.366 e. The number of nitrogens with one attached hydrogen (secondary N) is 1. The molecule has 1 atom stereocenters. The molecule has 1 aliphatic heterocycles. The molecule has 0 saturated carbocycles. The monoisotopic (exact) mass is 278 g/mol. The second kappa shape index (κ2) is 5.98. The number of carbonyl (C=O) groups is 1. The largest absolute Gasteiger partial charge is 0.366 e. The number of piperazine rings is 1. The zero-order valence-electron chi connectivity index (χ0n) is 11.3. The van der Waals surface area contributed by atoms with E-state index < -0.39 is 10.8 Å². The topological polar surface area (TPSA) is 102 Å². The molecule has 20 heavy (non-hydrogen) atoms. The molecule has 0 radical (unpaired) electrons. The maximum Gasteiger partial charge on any atom is 0.274 e. The fraction of sp³-hybridized carbons (Fsp3) is 0.462. The van der Waals surface area contributed by atoms with Crippen molar-refractivity contribution in [1.82, 2.24) is 10.2 Å². The molecule has 108 valence electrons. The molecule has 2 rings (SSSR count). The van der Waals surface area contributed by atoms with Crippen LogP contribution in [0.5, 0.6) is 0 Å². The van der Waals surface area contributed by atoms with E-state index in [4.69, 9.17) is 5.73 Å². The average molecular weight is 278 g/mol. The highest BCUT2D eigenvalue weighted by Crippen LogP contribution is 2.23. The molecule has 3 N–H and O–H groups in total. The Hall–Kier alpha value is -1.99. The Labute approximate surface area is 116 Å². The second-order valence-corrected chi connectivity index (χ2v) is 4.99. The Bertz CT molecular complexity index is 532. The van der Waals surface area contributed by atoms with Crippen LogP contribution in [0, 0.1) is 10.1 Å². The van der Waals surface area contributed by atoms with Crippen molar-refractivity contribution in [3.05, 3.63) is 39.4 Å². The Morgan fingerprint density at radius 3 is 2.95 bits per heavy atom. The van der Waals surface area contributed by atoms with Crippen LogP contribution in [0.25, 0.3) is 0 Å². The maximum atomic E-state index is 11.1. The summed E-state index contributed by atoms with van der Waals surface area (Å²) in [6, 6.07) is 4.73. The van der Waals surface area contributed by atoms with Crippen molar-refractivity contribution in [2.75, 3.05) is 19.6 Å². The van der Waals surface area contributed by atoms with Crippen LogP contribution >= 0.6 is 0 Å². The van der Waals surface area contributed by atoms with Gasteiger partial charge in [-0.3, -0.25) is 19.8 Å². The van der Waals surface area contributed by atoms with Gasteiger partial charge in [0.2, 0.25) is 5.91 Å². The molecule has 1 aromatic rings. The molecule has 1 fully saturated rings. The van der Waals surface area contributed by atoms with E-state index in [1.54, 1.807) is 6.07 Å². The minimum absolute atomic E-state index is 0.0490. The van der Waals surface area contributed by atoms with Crippen molar-refractivity contribution in [2.45, 2.75) is 19.5 Å². The number of nitro groups is 1. The van der Waals surface area contributed by atoms with E-state index in [0.717, 1.165) is 19.6 Å². The Balaban J connectivity index is 2.26. The van der Waals surface area contributed by atoms with Gasteiger partial charge in [-0.25, -0.2) is 0 Å². The molecular formula is C13H18N4O3. The van der Waals surface area contributed by atoms with Crippen LogP contribution in [0.1, 0.15) is 22.8 Å². The number of hydrogen-bond acceptors (Lipinski definition) is 5. The third-order valence-corrected chi connectivity index (χ3v) is 3.58. The van der Waals surface area contributed by atoms with Crippen LogP contribution in [-0.2, 0) is 6.54 Å². The summed E-state index contributed by atoms with van der Waals surface area (Å²) in [5.74, 6) is -0.657. The van der Waals surface area contributed by atoms with Crippen molar-refractivity contribution < 1.29 is 9.72 Å². The van der Waals surface area contributed by atoms with Gasteiger partial charge in [0.25, 0.3) is 5.69 Å². The first-order valence-corrected chi connectivity index (χ1v) is 6.51. The highest BCUT2D eigenvalue weighted by molar-refractivity contribution is 5.93. The lowest BCUT2D eigenvalue weighted by molar-refractivity contribution is -0.385. The first kappa shape index (κ1) is 14.4. The Morgan fingerprint density at radius 1 is 1.60 bits per heavy atom. The van der Waals surface area contributed by atoms with Crippen LogP contribution < -0.4 is 11.1 Å². The van der Waals surface area contributed by atoms with Crippen molar-refractivity contribution in [2.24, 2.45) is 5.73 Å². The molecule has 1 unspecified atom stereocenters. The van der Waals surface area contributed by atoms with Gasteiger partial charge in [-0.2, -0.15) is 0 Å². The van der Waals surface area contributed by atoms with E-state index in [9.17, 15) is 14.9 Å². The summed E-state index contributed by atoms with van der Waals surface area (Å²) in [6.45, 7) is 5.16. The third-order valence-electron chi connectivity index (χ3n) is 3.58. The average Bonchev–Trinajstić information content (AvgIpc) is 2.41. The summed E-state index contributed by atoms with van der Waals surface area (Å²) in [4.78, 5) is 24.0. The summed E-state index contributed by atoms with van der Waals surface area (Å²) < 4.78 is 0. The molecule has 0 aromatic heterocycles. The van der Waals surface area contributed by atoms with Crippen LogP contribution in [0.4, 0.5) is 5.69 Å². The maximum absolute atomic E-state index is 11.1. The molecule has 0 spiro atoms. The summed E-state index contributed by atoms with van der Waals surface area (Å²) in [5, 5.41) is 14.4. The highest BCUT2D eigenvalue weighted by Gasteiger charge is 2.23. The summed E-state index contributed by atoms with van der Waals surface area (Å²) in [6.07, 6.45) is 0. The molecule has 0 bridgehead atoms. The van der Waals surface area contributed by atoms with Crippen molar-refractivity contribution in [1.29, 1.82) is 0 Å². The van der Waals surface area contributed by atoms with Gasteiger partial charge in [0, 0.05) is 49.4 Å². The zero-order valence-corrected chi connectivity index (χ0v) is 11.3. The van der Waals surface area contributed by atoms with Crippen molar-refractivity contribution in [3.8, 4) is 0 Å². The number of rotatable bonds is 4. The van der Waals surface area contributed by atoms with E-state index in [2.05, 4.69) is 17.1 Å². The number of benzene rings is 1. The van der Waals surface area contributed by atoms with Gasteiger partial charge in [0.05, 0.1) is 4.92 Å². The number of nitrogens with zero attached hydrogens (tertiary/aromatic N) is 2. The van der Waals surface area contributed by atoms with Crippen molar-refractivity contribution >= 4 is 11.6 Å². The van der Waals surface area contributed by atoms with Crippen LogP contribution in [0.3, 0.4) is 0 Å². The van der Waals surface area contributed by atoms with E-state index in [1.807, 2.05) is 0 Å². The molecule has 0 aliphatic carbocycles. The van der Waals surface area contributed by atoms with Gasteiger partial charge in [-0.05, 0) is 13.0 Å². The lowest BCUT2D eigenvalue weighted by atomic mass is 10.1. The smallest absolute Gasteiger partial charge is 0.274 e. The standard InChI is InChI=1S/C13H18N4O3/c1-9-7-15-4-5-16(9)8-11-3-2-10(13(14)18)6-12(11)17(19)20/h2-3,6,9,15H,4-5,7-8H2,1H3,(H2,14,18). The van der Waals surface area contributed by atoms with E-state index >= 15 is 0 Å². The van der Waals surface area contributed by atoms with Gasteiger partial charge in [-0.15, -0.1) is 0 Å². The summed E-state index contributed by atoms with van der Waals surface area (Å²) in [5.41, 5.74) is 5.88. The van der Waals surface area contributed by atoms with Crippen LogP contribution in [0.15, 0.2) is 18.2 Å². The van der Waals surface area contributed by atoms with Crippen LogP contribution in [0.2, 0.25) is 0 Å². The van der Waals surface area contributed by atoms with E-state index in [1.165, 1.54) is 12.1 Å². The van der Waals surface area contributed by atoms with Gasteiger partial charge in [-0.1, -0.05) is 6.07 Å². The second-order valence-electron chi connectivity index (χ2n) is 4.99. The molecule has 1 heterocycles. The molecule has 7 heteroatoms. The molecule has 1 saturated heterocycles. The van der Waals surface area contributed by atoms with Gasteiger partial charge >= 0.3 is 0 Å². The van der Waals surface area contributed by atoms with Gasteiger partial charge in [0.1, 0.15) is 0 Å². The van der Waals surface area contributed by atoms with E-state index in [-0.39, 0.29) is 11.3 Å². The summed E-state index contributed by atoms with van der Waals surface area (Å²) >= 11 is 0. The minimum atomic E-state index is -0.657. The van der Waals surface area contributed by atoms with Gasteiger partial charge in [0.15, 0.2) is 0 Å². The zero-order chi connectivity index (χ0) is 14.7. The number of nitro benzene ring substituents is 1. The lowest BCUT2D eigenvalue weighted by Gasteiger charge is -2.33. The molecular weight excluding hydrogens is 260 g/mol. The van der Waals surface area contributed by atoms with Gasteiger partial charge < -0.3 is 11.1 Å². The number of carbonyl (C=O) groups excluding carboxylic acids is 1. The SMILES string of the molecule is CC1CNCCN1Cc1ccc(C(N)=O)cc1[N+](=O)[O-]. The number of amides is 1. The molecule has 7 nitrogen and oxygen atoms in total. The summed E-state index contributed by atoms with van der Waals surface area (Å²) in [7, 11) is 0. The normalized spacial score (nSPS) is 19.8.